The van der Waals surface area contributed by atoms with Gasteiger partial charge in [-0.1, -0.05) is 41.0 Å². The van der Waals surface area contributed by atoms with Crippen molar-refractivity contribution >= 4 is 19.6 Å². The first kappa shape index (κ1) is 22.5. The molecule has 0 aliphatic heterocycles. The summed E-state index contributed by atoms with van der Waals surface area (Å²) >= 11 is 0. The van der Waals surface area contributed by atoms with Gasteiger partial charge in [0.25, 0.3) is 0 Å². The average Bonchev–Trinajstić information content (AvgIpc) is 2.67. The SMILES string of the molecule is CCCC(C)(Pc1ccc(C)cc1N(C)C)c1cc(OC)ccc1OCOC. The summed E-state index contributed by atoms with van der Waals surface area (Å²) in [7, 11) is 8.17. The van der Waals surface area contributed by atoms with Gasteiger partial charge in [0.2, 0.25) is 0 Å². The third-order valence-corrected chi connectivity index (χ3v) is 6.67. The molecule has 0 aliphatic carbocycles. The van der Waals surface area contributed by atoms with Crippen LogP contribution in [0.3, 0.4) is 0 Å². The first-order valence-electron chi connectivity index (χ1n) is 9.71. The van der Waals surface area contributed by atoms with E-state index in [-0.39, 0.29) is 11.9 Å². The molecule has 0 heterocycles. The van der Waals surface area contributed by atoms with E-state index in [1.54, 1.807) is 14.2 Å². The van der Waals surface area contributed by atoms with Crippen LogP contribution in [-0.4, -0.2) is 35.1 Å². The Bertz CT molecular complexity index is 778. The van der Waals surface area contributed by atoms with Crippen LogP contribution in [0.25, 0.3) is 0 Å². The molecule has 0 spiro atoms. The minimum Gasteiger partial charge on any atom is -0.497 e. The second-order valence-corrected chi connectivity index (χ2v) is 9.43. The molecule has 0 bridgehead atoms. The van der Waals surface area contributed by atoms with Crippen molar-refractivity contribution in [3.8, 4) is 11.5 Å². The smallest absolute Gasteiger partial charge is 0.188 e. The number of hydrogen-bond donors (Lipinski definition) is 0. The summed E-state index contributed by atoms with van der Waals surface area (Å²) in [5.74, 6) is 1.72. The average molecular weight is 404 g/mol. The maximum absolute atomic E-state index is 5.93. The van der Waals surface area contributed by atoms with E-state index in [1.807, 2.05) is 12.1 Å². The Kier molecular flexibility index (Phi) is 8.15. The van der Waals surface area contributed by atoms with Crippen molar-refractivity contribution in [2.45, 2.75) is 38.8 Å². The Morgan fingerprint density at radius 3 is 2.43 bits per heavy atom. The number of aryl methyl sites for hydroxylation is 1. The Labute approximate surface area is 172 Å². The number of nitrogens with zero attached hydrogens (tertiary/aromatic N) is 1. The van der Waals surface area contributed by atoms with Gasteiger partial charge in [-0.05, 0) is 48.5 Å². The van der Waals surface area contributed by atoms with Gasteiger partial charge in [0.05, 0.1) is 7.11 Å². The standard InChI is InChI=1S/C23H34NO3P/c1-8-13-23(3,28-22-12-9-17(2)14-20(22)24(4)5)19-15-18(26-7)10-11-21(19)27-16-25-6/h9-12,14-15,28H,8,13,16H2,1-7H3. The predicted molar refractivity (Wildman–Crippen MR) is 121 cm³/mol. The van der Waals surface area contributed by atoms with Gasteiger partial charge in [0.15, 0.2) is 6.79 Å². The fourth-order valence-electron chi connectivity index (χ4n) is 3.49. The summed E-state index contributed by atoms with van der Waals surface area (Å²) in [5.41, 5.74) is 3.73. The molecule has 0 radical (unpaired) electrons. The fourth-order valence-corrected chi connectivity index (χ4v) is 5.38. The molecule has 0 saturated heterocycles. The van der Waals surface area contributed by atoms with E-state index < -0.39 is 0 Å². The number of anilines is 1. The van der Waals surface area contributed by atoms with Crippen LogP contribution >= 0.6 is 8.58 Å². The van der Waals surface area contributed by atoms with Crippen molar-refractivity contribution < 1.29 is 14.2 Å². The summed E-state index contributed by atoms with van der Waals surface area (Å²) in [6.07, 6.45) is 2.15. The van der Waals surface area contributed by atoms with Crippen LogP contribution < -0.4 is 19.7 Å². The maximum Gasteiger partial charge on any atom is 0.188 e. The van der Waals surface area contributed by atoms with Crippen LogP contribution in [0.4, 0.5) is 5.69 Å². The number of hydrogen-bond acceptors (Lipinski definition) is 4. The van der Waals surface area contributed by atoms with Gasteiger partial charge in [-0.15, -0.1) is 0 Å². The molecule has 0 saturated carbocycles. The second kappa shape index (κ2) is 10.1. The lowest BCUT2D eigenvalue weighted by atomic mass is 9.94. The molecule has 0 fully saturated rings. The van der Waals surface area contributed by atoms with Crippen molar-refractivity contribution in [3.05, 3.63) is 47.5 Å². The van der Waals surface area contributed by atoms with Crippen LogP contribution in [-0.2, 0) is 9.89 Å². The number of benzene rings is 2. The largest absolute Gasteiger partial charge is 0.497 e. The molecule has 2 rings (SSSR count). The molecule has 0 aromatic heterocycles. The molecule has 5 heteroatoms. The van der Waals surface area contributed by atoms with Crippen LogP contribution in [0.15, 0.2) is 36.4 Å². The van der Waals surface area contributed by atoms with Gasteiger partial charge >= 0.3 is 0 Å². The zero-order chi connectivity index (χ0) is 20.7. The zero-order valence-electron chi connectivity index (χ0n) is 18.3. The minimum absolute atomic E-state index is 0.0631. The Morgan fingerprint density at radius 1 is 1.07 bits per heavy atom. The summed E-state index contributed by atoms with van der Waals surface area (Å²) in [5, 5.41) is 1.30. The third-order valence-electron chi connectivity index (χ3n) is 4.91. The van der Waals surface area contributed by atoms with Crippen LogP contribution in [0.5, 0.6) is 11.5 Å². The summed E-state index contributed by atoms with van der Waals surface area (Å²) in [6, 6.07) is 12.8. The van der Waals surface area contributed by atoms with Crippen molar-refractivity contribution in [1.82, 2.24) is 0 Å². The normalized spacial score (nSPS) is 13.5. The van der Waals surface area contributed by atoms with Gasteiger partial charge < -0.3 is 19.1 Å². The lowest BCUT2D eigenvalue weighted by Crippen LogP contribution is -2.24. The maximum atomic E-state index is 5.93. The first-order valence-corrected chi connectivity index (χ1v) is 10.7. The molecule has 28 heavy (non-hydrogen) atoms. The van der Waals surface area contributed by atoms with E-state index in [2.05, 4.69) is 64.0 Å². The molecule has 4 nitrogen and oxygen atoms in total. The Morgan fingerprint density at radius 2 is 1.82 bits per heavy atom. The zero-order valence-corrected chi connectivity index (χ0v) is 19.3. The van der Waals surface area contributed by atoms with Gasteiger partial charge in [0, 0.05) is 37.6 Å². The molecular weight excluding hydrogens is 369 g/mol. The van der Waals surface area contributed by atoms with Crippen LogP contribution in [0.1, 0.15) is 37.8 Å². The van der Waals surface area contributed by atoms with E-state index in [4.69, 9.17) is 14.2 Å². The van der Waals surface area contributed by atoms with E-state index in [1.165, 1.54) is 22.1 Å². The molecule has 0 aliphatic rings. The first-order chi connectivity index (χ1) is 13.3. The Hall–Kier alpha value is -1.77. The fraction of sp³-hybridized carbons (Fsp3) is 0.478. The van der Waals surface area contributed by atoms with Crippen molar-refractivity contribution in [3.63, 3.8) is 0 Å². The van der Waals surface area contributed by atoms with Crippen LogP contribution in [0, 0.1) is 6.92 Å². The number of rotatable bonds is 10. The summed E-state index contributed by atoms with van der Waals surface area (Å²) in [6.45, 7) is 6.95. The number of ether oxygens (including phenoxy) is 3. The van der Waals surface area contributed by atoms with E-state index in [0.717, 1.165) is 24.3 Å². The highest BCUT2D eigenvalue weighted by Gasteiger charge is 2.31. The van der Waals surface area contributed by atoms with Gasteiger partial charge in [-0.2, -0.15) is 0 Å². The van der Waals surface area contributed by atoms with Crippen molar-refractivity contribution in [2.75, 3.05) is 40.0 Å². The molecule has 154 valence electrons. The van der Waals surface area contributed by atoms with Crippen LogP contribution in [0.2, 0.25) is 0 Å². The van der Waals surface area contributed by atoms with E-state index >= 15 is 0 Å². The highest BCUT2D eigenvalue weighted by Crippen LogP contribution is 2.50. The number of methoxy groups -OCH3 is 2. The van der Waals surface area contributed by atoms with Gasteiger partial charge in [0.1, 0.15) is 11.5 Å². The molecule has 2 unspecified atom stereocenters. The van der Waals surface area contributed by atoms with Crippen molar-refractivity contribution in [1.29, 1.82) is 0 Å². The monoisotopic (exact) mass is 403 g/mol. The van der Waals surface area contributed by atoms with Gasteiger partial charge in [-0.25, -0.2) is 0 Å². The lowest BCUT2D eigenvalue weighted by molar-refractivity contribution is 0.0500. The molecular formula is C23H34NO3P. The molecule has 0 N–H and O–H groups in total. The van der Waals surface area contributed by atoms with E-state index in [0.29, 0.717) is 8.58 Å². The topological polar surface area (TPSA) is 30.9 Å². The summed E-state index contributed by atoms with van der Waals surface area (Å²) in [4.78, 5) is 2.20. The third kappa shape index (κ3) is 5.40. The Balaban J connectivity index is 2.54. The highest BCUT2D eigenvalue weighted by molar-refractivity contribution is 7.49. The van der Waals surface area contributed by atoms with Gasteiger partial charge in [-0.3, -0.25) is 0 Å². The molecule has 0 amide bonds. The molecule has 2 aromatic rings. The molecule has 2 atom stereocenters. The quantitative estimate of drug-likeness (QED) is 0.409. The summed E-state index contributed by atoms with van der Waals surface area (Å²) < 4.78 is 16.6. The van der Waals surface area contributed by atoms with Crippen molar-refractivity contribution in [2.24, 2.45) is 0 Å². The highest BCUT2D eigenvalue weighted by atomic mass is 31.1. The van der Waals surface area contributed by atoms with E-state index in [9.17, 15) is 0 Å². The molecule has 2 aromatic carbocycles. The minimum atomic E-state index is -0.0631. The lowest BCUT2D eigenvalue weighted by Gasteiger charge is -2.33. The second-order valence-electron chi connectivity index (χ2n) is 7.54. The predicted octanol–water partition coefficient (Wildman–Crippen LogP) is 5.07.